The predicted octanol–water partition coefficient (Wildman–Crippen LogP) is 0.969. The van der Waals surface area contributed by atoms with E-state index >= 15 is 0 Å². The number of halogens is 1. The second-order valence-electron chi connectivity index (χ2n) is 4.35. The van der Waals surface area contributed by atoms with Crippen LogP contribution < -0.4 is 5.32 Å². The van der Waals surface area contributed by atoms with Crippen LogP contribution in [0.3, 0.4) is 0 Å². The van der Waals surface area contributed by atoms with E-state index in [1.165, 1.54) is 18.3 Å². The van der Waals surface area contributed by atoms with E-state index in [1.807, 2.05) is 0 Å². The molecule has 4 nitrogen and oxygen atoms in total. The number of aromatic nitrogens is 1. The zero-order valence-electron chi connectivity index (χ0n) is 9.33. The molecule has 0 aliphatic carbocycles. The number of nitrogens with zero attached hydrogens (tertiary/aromatic N) is 1. The zero-order chi connectivity index (χ0) is 12.2. The summed E-state index contributed by atoms with van der Waals surface area (Å²) in [5.41, 5.74) is -0.509. The van der Waals surface area contributed by atoms with E-state index in [4.69, 9.17) is 5.11 Å². The van der Waals surface area contributed by atoms with Gasteiger partial charge in [-0.15, -0.1) is 0 Å². The van der Waals surface area contributed by atoms with Crippen LogP contribution >= 0.6 is 0 Å². The van der Waals surface area contributed by atoms with Gasteiger partial charge in [0.2, 0.25) is 5.95 Å². The number of hydrogen-bond acceptors (Lipinski definition) is 3. The summed E-state index contributed by atoms with van der Waals surface area (Å²) in [7, 11) is 0. The highest BCUT2D eigenvalue weighted by molar-refractivity contribution is 5.94. The van der Waals surface area contributed by atoms with Crippen LogP contribution in [0.4, 0.5) is 4.39 Å². The van der Waals surface area contributed by atoms with Gasteiger partial charge >= 0.3 is 0 Å². The number of pyridine rings is 1. The molecule has 0 aliphatic heterocycles. The van der Waals surface area contributed by atoms with E-state index in [0.717, 1.165) is 0 Å². The lowest BCUT2D eigenvalue weighted by molar-refractivity contribution is 0.0906. The van der Waals surface area contributed by atoms with Crippen molar-refractivity contribution in [3.05, 3.63) is 29.8 Å². The number of amides is 1. The number of carbonyl (C=O) groups is 1. The maximum atomic E-state index is 13.1. The molecule has 0 unspecified atom stereocenters. The van der Waals surface area contributed by atoms with Gasteiger partial charge in [0.05, 0.1) is 5.56 Å². The molecular weight excluding hydrogens is 211 g/mol. The van der Waals surface area contributed by atoms with Crippen LogP contribution in [0.2, 0.25) is 0 Å². The Morgan fingerprint density at radius 1 is 1.62 bits per heavy atom. The average Bonchev–Trinajstić information content (AvgIpc) is 2.27. The molecule has 0 atom stereocenters. The molecule has 2 N–H and O–H groups in total. The third kappa shape index (κ3) is 3.27. The normalized spacial score (nSPS) is 11.2. The molecule has 0 aliphatic rings. The molecule has 1 rings (SSSR count). The third-order valence-electron chi connectivity index (χ3n) is 2.16. The van der Waals surface area contributed by atoms with E-state index in [0.29, 0.717) is 0 Å². The fourth-order valence-corrected chi connectivity index (χ4v) is 1.03. The summed E-state index contributed by atoms with van der Waals surface area (Å²) < 4.78 is 13.1. The summed E-state index contributed by atoms with van der Waals surface area (Å²) in [5.74, 6) is -1.31. The Balaban J connectivity index is 2.64. The minimum Gasteiger partial charge on any atom is -0.396 e. The van der Waals surface area contributed by atoms with E-state index < -0.39 is 17.3 Å². The lowest BCUT2D eigenvalue weighted by atomic mass is 9.95. The molecule has 1 amide bonds. The van der Waals surface area contributed by atoms with Crippen LogP contribution in [-0.2, 0) is 0 Å². The van der Waals surface area contributed by atoms with Crippen molar-refractivity contribution in [3.63, 3.8) is 0 Å². The summed E-state index contributed by atoms with van der Waals surface area (Å²) in [6.07, 6.45) is 1.28. The summed E-state index contributed by atoms with van der Waals surface area (Å²) in [4.78, 5) is 14.9. The standard InChI is InChI=1S/C11H15FN2O2/c1-11(2,7-15)6-14-10(16)8-4-3-5-13-9(8)12/h3-5,15H,6-7H2,1-2H3,(H,14,16). The first-order chi connectivity index (χ1) is 7.46. The van der Waals surface area contributed by atoms with Crippen molar-refractivity contribution in [3.8, 4) is 0 Å². The Kier molecular flexibility index (Phi) is 3.95. The Hall–Kier alpha value is -1.49. The summed E-state index contributed by atoms with van der Waals surface area (Å²) in [5, 5.41) is 11.5. The largest absolute Gasteiger partial charge is 0.396 e. The molecule has 1 aromatic heterocycles. The van der Waals surface area contributed by atoms with Crippen molar-refractivity contribution in [1.29, 1.82) is 0 Å². The minimum atomic E-state index is -0.790. The first-order valence-electron chi connectivity index (χ1n) is 4.96. The third-order valence-corrected chi connectivity index (χ3v) is 2.16. The van der Waals surface area contributed by atoms with Gasteiger partial charge in [0, 0.05) is 24.8 Å². The molecule has 16 heavy (non-hydrogen) atoms. The Labute approximate surface area is 93.5 Å². The molecule has 0 fully saturated rings. The Morgan fingerprint density at radius 3 is 2.88 bits per heavy atom. The zero-order valence-corrected chi connectivity index (χ0v) is 9.33. The monoisotopic (exact) mass is 226 g/mol. The molecule has 0 radical (unpaired) electrons. The molecule has 5 heteroatoms. The molecular formula is C11H15FN2O2. The molecule has 1 aromatic rings. The summed E-state index contributed by atoms with van der Waals surface area (Å²) >= 11 is 0. The van der Waals surface area contributed by atoms with Crippen LogP contribution in [-0.4, -0.2) is 29.1 Å². The number of carbonyl (C=O) groups excluding carboxylic acids is 1. The molecule has 0 saturated heterocycles. The number of aliphatic hydroxyl groups is 1. The van der Waals surface area contributed by atoms with E-state index in [9.17, 15) is 9.18 Å². The molecule has 1 heterocycles. The van der Waals surface area contributed by atoms with Crippen molar-refractivity contribution >= 4 is 5.91 Å². The van der Waals surface area contributed by atoms with Crippen molar-refractivity contribution in [2.45, 2.75) is 13.8 Å². The predicted molar refractivity (Wildman–Crippen MR) is 57.4 cm³/mol. The SMILES string of the molecule is CC(C)(CO)CNC(=O)c1cccnc1F. The van der Waals surface area contributed by atoms with Gasteiger partial charge in [-0.3, -0.25) is 4.79 Å². The van der Waals surface area contributed by atoms with Crippen molar-refractivity contribution in [2.75, 3.05) is 13.2 Å². The fourth-order valence-electron chi connectivity index (χ4n) is 1.03. The van der Waals surface area contributed by atoms with Crippen LogP contribution in [0.25, 0.3) is 0 Å². The average molecular weight is 226 g/mol. The molecule has 0 spiro atoms. The first kappa shape index (κ1) is 12.6. The molecule has 0 saturated carbocycles. The smallest absolute Gasteiger partial charge is 0.255 e. The van der Waals surface area contributed by atoms with Gasteiger partial charge in [0.15, 0.2) is 0 Å². The minimum absolute atomic E-state index is 0.0528. The van der Waals surface area contributed by atoms with Crippen LogP contribution in [0.15, 0.2) is 18.3 Å². The number of aliphatic hydroxyl groups excluding tert-OH is 1. The highest BCUT2D eigenvalue weighted by atomic mass is 19.1. The summed E-state index contributed by atoms with van der Waals surface area (Å²) in [6, 6.07) is 2.86. The van der Waals surface area contributed by atoms with E-state index in [-0.39, 0.29) is 18.7 Å². The van der Waals surface area contributed by atoms with Gasteiger partial charge < -0.3 is 10.4 Å². The first-order valence-corrected chi connectivity index (χ1v) is 4.96. The van der Waals surface area contributed by atoms with E-state index in [2.05, 4.69) is 10.3 Å². The Bertz CT molecular complexity index is 380. The van der Waals surface area contributed by atoms with Gasteiger partial charge in [-0.05, 0) is 12.1 Å². The second-order valence-corrected chi connectivity index (χ2v) is 4.35. The Morgan fingerprint density at radius 2 is 2.31 bits per heavy atom. The van der Waals surface area contributed by atoms with Gasteiger partial charge in [0.1, 0.15) is 0 Å². The van der Waals surface area contributed by atoms with E-state index in [1.54, 1.807) is 13.8 Å². The number of nitrogens with one attached hydrogen (secondary N) is 1. The molecule has 0 aromatic carbocycles. The van der Waals surface area contributed by atoms with Crippen molar-refractivity contribution in [1.82, 2.24) is 10.3 Å². The molecule has 88 valence electrons. The highest BCUT2D eigenvalue weighted by Crippen LogP contribution is 2.12. The molecule has 0 bridgehead atoms. The van der Waals surface area contributed by atoms with Crippen LogP contribution in [0.5, 0.6) is 0 Å². The van der Waals surface area contributed by atoms with Gasteiger partial charge in [-0.2, -0.15) is 4.39 Å². The second kappa shape index (κ2) is 5.03. The topological polar surface area (TPSA) is 62.2 Å². The maximum absolute atomic E-state index is 13.1. The van der Waals surface area contributed by atoms with Crippen molar-refractivity contribution < 1.29 is 14.3 Å². The van der Waals surface area contributed by atoms with Gasteiger partial charge in [-0.25, -0.2) is 4.98 Å². The number of rotatable bonds is 4. The highest BCUT2D eigenvalue weighted by Gasteiger charge is 2.19. The van der Waals surface area contributed by atoms with Gasteiger partial charge in [0.25, 0.3) is 5.91 Å². The van der Waals surface area contributed by atoms with Gasteiger partial charge in [-0.1, -0.05) is 13.8 Å². The summed E-state index contributed by atoms with van der Waals surface area (Å²) in [6.45, 7) is 3.82. The van der Waals surface area contributed by atoms with Crippen molar-refractivity contribution in [2.24, 2.45) is 5.41 Å². The lowest BCUT2D eigenvalue weighted by Gasteiger charge is -2.21. The van der Waals surface area contributed by atoms with Crippen LogP contribution in [0.1, 0.15) is 24.2 Å². The van der Waals surface area contributed by atoms with Crippen LogP contribution in [0, 0.1) is 11.4 Å². The fraction of sp³-hybridized carbons (Fsp3) is 0.455. The maximum Gasteiger partial charge on any atom is 0.255 e. The number of hydrogen-bond donors (Lipinski definition) is 2. The quantitative estimate of drug-likeness (QED) is 0.752. The lowest BCUT2D eigenvalue weighted by Crippen LogP contribution is -2.36.